The zero-order chi connectivity index (χ0) is 44.2. The largest absolute Gasteiger partial charge is 0.480 e. The highest BCUT2D eigenvalue weighted by Gasteiger charge is 2.28. The van der Waals surface area contributed by atoms with E-state index in [4.69, 9.17) is 24.8 Å². The number of esters is 2. The number of carbonyl (C=O) groups excluding carboxylic acids is 2. The molecular weight excluding hydrogens is 781 g/mol. The molecule has 0 aromatic heterocycles. The molecule has 0 saturated carbocycles. The Morgan fingerprint density at radius 2 is 0.950 bits per heavy atom. The fourth-order valence-electron chi connectivity index (χ4n) is 5.08. The van der Waals surface area contributed by atoms with Gasteiger partial charge in [0.15, 0.2) is 6.10 Å². The average molecular weight is 858 g/mol. The molecule has 0 bridgehead atoms. The van der Waals surface area contributed by atoms with Crippen LogP contribution in [-0.4, -0.2) is 59.9 Å². The zero-order valence-corrected chi connectivity index (χ0v) is 37.4. The Kier molecular flexibility index (Phi) is 39.2. The number of carboxylic acids is 1. The number of carbonyl (C=O) groups is 3. The molecule has 12 heteroatoms. The van der Waals surface area contributed by atoms with E-state index in [1.54, 1.807) is 0 Å². The monoisotopic (exact) mass is 858 g/mol. The molecule has 0 radical (unpaired) electrons. The summed E-state index contributed by atoms with van der Waals surface area (Å²) in [7, 11) is -4.75. The zero-order valence-electron chi connectivity index (χ0n) is 36.5. The highest BCUT2D eigenvalue weighted by Crippen LogP contribution is 2.43. The van der Waals surface area contributed by atoms with Crippen molar-refractivity contribution in [3.8, 4) is 0 Å². The van der Waals surface area contributed by atoms with Gasteiger partial charge in [0.05, 0.1) is 13.2 Å². The number of phosphoric ester groups is 1. The van der Waals surface area contributed by atoms with Gasteiger partial charge in [-0.1, -0.05) is 142 Å². The third-order valence-corrected chi connectivity index (χ3v) is 9.46. The van der Waals surface area contributed by atoms with E-state index in [1.807, 2.05) is 12.2 Å². The molecule has 1 unspecified atom stereocenters. The molecule has 0 aliphatic rings. The van der Waals surface area contributed by atoms with E-state index in [9.17, 15) is 23.8 Å². The number of unbranched alkanes of at least 4 members (excludes halogenated alkanes) is 7. The highest BCUT2D eigenvalue weighted by atomic mass is 31.2. The van der Waals surface area contributed by atoms with Gasteiger partial charge < -0.3 is 25.2 Å². The van der Waals surface area contributed by atoms with Crippen LogP contribution in [0.5, 0.6) is 0 Å². The molecular formula is C48H76NO10P. The number of ether oxygens (including phenoxy) is 2. The van der Waals surface area contributed by atoms with Crippen LogP contribution in [0.1, 0.15) is 142 Å². The van der Waals surface area contributed by atoms with E-state index in [1.165, 1.54) is 19.3 Å². The Balaban J connectivity index is 4.55. The fraction of sp³-hybridized carbons (Fsp3) is 0.562. The van der Waals surface area contributed by atoms with E-state index >= 15 is 0 Å². The second-order valence-electron chi connectivity index (χ2n) is 14.1. The summed E-state index contributed by atoms with van der Waals surface area (Å²) in [5.41, 5.74) is 5.33. The number of nitrogens with two attached hydrogens (primary N) is 1. The number of hydrogen-bond acceptors (Lipinski definition) is 9. The van der Waals surface area contributed by atoms with E-state index in [0.29, 0.717) is 19.3 Å². The Labute approximate surface area is 361 Å². The van der Waals surface area contributed by atoms with Gasteiger partial charge in [0, 0.05) is 12.8 Å². The lowest BCUT2D eigenvalue weighted by atomic mass is 10.1. The van der Waals surface area contributed by atoms with Gasteiger partial charge >= 0.3 is 25.7 Å². The van der Waals surface area contributed by atoms with Crippen molar-refractivity contribution < 1.29 is 47.5 Å². The van der Waals surface area contributed by atoms with E-state index in [0.717, 1.165) is 77.0 Å². The summed E-state index contributed by atoms with van der Waals surface area (Å²) in [5, 5.41) is 8.89. The SMILES string of the molecule is CC/C=C/C/C=C/C/C=C/C/C=C/C/C=C/CCCCCC(=O)O[C@H](COC(=O)CCC/C=C/C/C=C/C/C=C/C/C=C/CCCCC)COP(=O)(O)OC[C@H](N)C(=O)O. The normalized spacial score (nSPS) is 14.7. The van der Waals surface area contributed by atoms with Crippen molar-refractivity contribution >= 4 is 25.7 Å². The Morgan fingerprint density at radius 3 is 1.42 bits per heavy atom. The van der Waals surface area contributed by atoms with Crippen molar-refractivity contribution in [1.82, 2.24) is 0 Å². The van der Waals surface area contributed by atoms with E-state index < -0.39 is 57.7 Å². The first-order chi connectivity index (χ1) is 29.1. The van der Waals surface area contributed by atoms with Crippen LogP contribution in [0, 0.1) is 0 Å². The van der Waals surface area contributed by atoms with Crippen LogP contribution >= 0.6 is 7.82 Å². The lowest BCUT2D eigenvalue weighted by Crippen LogP contribution is -2.34. The summed E-state index contributed by atoms with van der Waals surface area (Å²) in [6, 6.07) is -1.54. The third kappa shape index (κ3) is 40.9. The first-order valence-corrected chi connectivity index (χ1v) is 23.4. The molecule has 0 aliphatic carbocycles. The van der Waals surface area contributed by atoms with Crippen LogP contribution in [-0.2, 0) is 37.5 Å². The molecule has 0 amide bonds. The van der Waals surface area contributed by atoms with Crippen molar-refractivity contribution in [2.24, 2.45) is 5.73 Å². The smallest absolute Gasteiger partial charge is 0.472 e. The number of allylic oxidation sites excluding steroid dienone is 18. The molecule has 60 heavy (non-hydrogen) atoms. The van der Waals surface area contributed by atoms with Gasteiger partial charge in [-0.2, -0.15) is 0 Å². The first kappa shape index (κ1) is 56.1. The molecule has 3 atom stereocenters. The van der Waals surface area contributed by atoms with Crippen molar-refractivity contribution in [2.75, 3.05) is 19.8 Å². The number of phosphoric acid groups is 1. The molecule has 338 valence electrons. The summed E-state index contributed by atoms with van der Waals surface area (Å²) >= 11 is 0. The Hall–Kier alpha value is -3.86. The minimum atomic E-state index is -4.75. The lowest BCUT2D eigenvalue weighted by Gasteiger charge is -2.20. The molecule has 0 aromatic carbocycles. The third-order valence-electron chi connectivity index (χ3n) is 8.50. The van der Waals surface area contributed by atoms with Gasteiger partial charge in [-0.25, -0.2) is 4.57 Å². The molecule has 0 aliphatic heterocycles. The number of carboxylic acid groups (broad SMARTS) is 1. The molecule has 0 rings (SSSR count). The average Bonchev–Trinajstić information content (AvgIpc) is 3.22. The van der Waals surface area contributed by atoms with Gasteiger partial charge in [0.2, 0.25) is 0 Å². The molecule has 4 N–H and O–H groups in total. The van der Waals surface area contributed by atoms with Crippen LogP contribution in [0.3, 0.4) is 0 Å². The Bertz CT molecular complexity index is 1430. The topological polar surface area (TPSA) is 172 Å². The molecule has 0 heterocycles. The highest BCUT2D eigenvalue weighted by molar-refractivity contribution is 7.47. The molecule has 0 spiro atoms. The van der Waals surface area contributed by atoms with Crippen LogP contribution in [0.2, 0.25) is 0 Å². The van der Waals surface area contributed by atoms with Gasteiger partial charge in [0.25, 0.3) is 0 Å². The van der Waals surface area contributed by atoms with Crippen LogP contribution in [0.4, 0.5) is 0 Å². The second-order valence-corrected chi connectivity index (χ2v) is 15.5. The maximum absolute atomic E-state index is 12.6. The quantitative estimate of drug-likeness (QED) is 0.0232. The minimum absolute atomic E-state index is 0.103. The van der Waals surface area contributed by atoms with Gasteiger partial charge in [-0.15, -0.1) is 0 Å². The summed E-state index contributed by atoms with van der Waals surface area (Å²) < 4.78 is 32.6. The minimum Gasteiger partial charge on any atom is -0.480 e. The fourth-order valence-corrected chi connectivity index (χ4v) is 5.86. The molecule has 0 fully saturated rings. The maximum Gasteiger partial charge on any atom is 0.472 e. The van der Waals surface area contributed by atoms with Crippen LogP contribution < -0.4 is 5.73 Å². The van der Waals surface area contributed by atoms with E-state index in [-0.39, 0.29) is 12.8 Å². The van der Waals surface area contributed by atoms with Crippen molar-refractivity contribution in [3.63, 3.8) is 0 Å². The van der Waals surface area contributed by atoms with Crippen molar-refractivity contribution in [1.29, 1.82) is 0 Å². The number of hydrogen-bond donors (Lipinski definition) is 3. The summed E-state index contributed by atoms with van der Waals surface area (Å²) in [5.74, 6) is -2.51. The predicted molar refractivity (Wildman–Crippen MR) is 244 cm³/mol. The first-order valence-electron chi connectivity index (χ1n) is 21.9. The molecule has 0 aromatic rings. The van der Waals surface area contributed by atoms with Crippen molar-refractivity contribution in [2.45, 2.75) is 154 Å². The van der Waals surface area contributed by atoms with Crippen molar-refractivity contribution in [3.05, 3.63) is 109 Å². The van der Waals surface area contributed by atoms with E-state index in [2.05, 4.69) is 116 Å². The number of rotatable bonds is 39. The maximum atomic E-state index is 12.6. The molecule has 0 saturated heterocycles. The summed E-state index contributed by atoms with van der Waals surface area (Å²) in [4.78, 5) is 46.0. The van der Waals surface area contributed by atoms with Crippen LogP contribution in [0.25, 0.3) is 0 Å². The Morgan fingerprint density at radius 1 is 0.533 bits per heavy atom. The van der Waals surface area contributed by atoms with Crippen LogP contribution in [0.15, 0.2) is 109 Å². The summed E-state index contributed by atoms with van der Waals surface area (Å²) in [6.07, 6.45) is 54.4. The number of aliphatic carboxylic acids is 1. The molecule has 11 nitrogen and oxygen atoms in total. The predicted octanol–water partition coefficient (Wildman–Crippen LogP) is 11.8. The van der Waals surface area contributed by atoms with Gasteiger partial charge in [-0.3, -0.25) is 23.4 Å². The second kappa shape index (κ2) is 41.9. The van der Waals surface area contributed by atoms with Gasteiger partial charge in [-0.05, 0) is 96.3 Å². The lowest BCUT2D eigenvalue weighted by molar-refractivity contribution is -0.161. The van der Waals surface area contributed by atoms with Gasteiger partial charge in [0.1, 0.15) is 12.6 Å². The summed E-state index contributed by atoms with van der Waals surface area (Å²) in [6.45, 7) is 2.55. The standard InChI is InChI=1S/C48H76NO10P/c1-3-5-7-9-11-13-15-17-19-21-22-24-26-28-30-32-34-36-38-40-47(51)59-44(42-57-60(54,55)58-43-45(49)48(52)53)41-56-46(50)39-37-35-33-31-29-27-25-23-20-18-16-14-12-10-8-6-4-2/h5,7,11-14,17-20,22,24-25,27-28,30-31,33,44-45H,3-4,6,8-10,15-16,21,23,26,29,32,34-43,49H2,1-2H3,(H,52,53)(H,54,55)/b7-5+,13-11+,14-12+,19-17+,20-18+,24-22+,27-25+,30-28+,33-31+/t44-,45+/m1/s1.